The first-order valence-electron chi connectivity index (χ1n) is 32.1. The van der Waals surface area contributed by atoms with Crippen LogP contribution in [-0.4, -0.2) is 4.57 Å². The fourth-order valence-electron chi connectivity index (χ4n) is 7.25. The summed E-state index contributed by atoms with van der Waals surface area (Å²) >= 11 is 0. The number of aromatic nitrogens is 1. The molecule has 0 spiro atoms. The first kappa shape index (κ1) is 18.6. The van der Waals surface area contributed by atoms with Crippen LogP contribution in [0.15, 0.2) is 254 Å². The summed E-state index contributed by atoms with van der Waals surface area (Å²) in [6, 6.07) is 4.16. The molecule has 0 saturated carbocycles. The molecule has 1 heterocycles. The summed E-state index contributed by atoms with van der Waals surface area (Å²) in [6.45, 7) is 0. The van der Waals surface area contributed by atoms with Crippen molar-refractivity contribution >= 4 is 38.9 Å². The number of anilines is 3. The maximum atomic E-state index is 9.79. The van der Waals surface area contributed by atoms with Crippen LogP contribution in [0.5, 0.6) is 0 Å². The minimum absolute atomic E-state index is 0.163. The molecule has 292 valence electrons. The average molecular weight is 817 g/mol. The normalized spacial score (nSPS) is 17.1. The molecule has 0 atom stereocenters. The highest BCUT2D eigenvalue weighted by atomic mass is 15.1. The smallest absolute Gasteiger partial charge is 0.0645 e. The largest absolute Gasteiger partial charge is 0.311 e. The van der Waals surface area contributed by atoms with Gasteiger partial charge in [-0.2, -0.15) is 0 Å². The molecular formula is C60H42N2. The van der Waals surface area contributed by atoms with Crippen molar-refractivity contribution in [3.05, 3.63) is 254 Å². The van der Waals surface area contributed by atoms with Crippen molar-refractivity contribution in [3.8, 4) is 61.3 Å². The van der Waals surface area contributed by atoms with Gasteiger partial charge in [-0.25, -0.2) is 0 Å². The molecule has 0 unspecified atom stereocenters. The van der Waals surface area contributed by atoms with Crippen molar-refractivity contribution in [2.45, 2.75) is 0 Å². The summed E-state index contributed by atoms with van der Waals surface area (Å²) in [6.07, 6.45) is 0. The van der Waals surface area contributed by atoms with Crippen LogP contribution in [0.4, 0.5) is 17.1 Å². The zero-order valence-electron chi connectivity index (χ0n) is 58.1. The third-order valence-electron chi connectivity index (χ3n) is 10.1. The van der Waals surface area contributed by atoms with E-state index in [0.29, 0.717) is 15.8 Å². The Morgan fingerprint density at radius 2 is 0.790 bits per heavy atom. The van der Waals surface area contributed by atoms with E-state index in [1.54, 1.807) is 18.2 Å². The summed E-state index contributed by atoms with van der Waals surface area (Å²) in [5.41, 5.74) is -4.03. The number of fused-ring (bicyclic) bond motifs is 3. The van der Waals surface area contributed by atoms with E-state index in [-0.39, 0.29) is 11.1 Å². The molecular weight excluding hydrogens is 749 g/mol. The van der Waals surface area contributed by atoms with Crippen LogP contribution < -0.4 is 4.90 Å². The van der Waals surface area contributed by atoms with Crippen molar-refractivity contribution in [1.29, 1.82) is 0 Å². The van der Waals surface area contributed by atoms with E-state index in [2.05, 4.69) is 4.57 Å². The standard InChI is InChI=1S/C60H42N2/c1-4-15-43(16-5-1)45-27-34-52(35-28-45)61(53-36-29-46(30-37-53)50-22-14-21-49(41-50)44-17-6-2-7-18-44)54-38-31-47(32-39-54)51-33-40-60-57(42-51)56-24-11-13-26-59(56)62(60)58-25-12-10-23-55(58)48-19-8-3-9-20-48/h1-42H/i1D,2D,4D,5D,6D,7D,14D,15D,16D,17D,18D,21D,22D,27D,28D,29D,30D,31D,32D,34D,35D,36D,37D,38D,39D,41D. The zero-order chi connectivity index (χ0) is 63.9. The number of para-hydroxylation sites is 2. The summed E-state index contributed by atoms with van der Waals surface area (Å²) in [4.78, 5) is 0.451. The lowest BCUT2D eigenvalue weighted by Gasteiger charge is -2.26. The first-order chi connectivity index (χ1) is 41.6. The van der Waals surface area contributed by atoms with Gasteiger partial charge in [0, 0.05) is 33.4 Å². The van der Waals surface area contributed by atoms with Crippen LogP contribution in [0.3, 0.4) is 0 Å². The maximum absolute atomic E-state index is 9.79. The average Bonchev–Trinajstić information content (AvgIpc) is 0.956. The zero-order valence-corrected chi connectivity index (χ0v) is 32.1. The minimum atomic E-state index is -1.22. The SMILES string of the molecule is [2H]c1c([2H])c([2H])c(-c2c([2H])c([2H])c(N(c3c([2H])c([2H])c(-c4ccc5c(c4)c4ccccc4n5-c4ccccc4-c4ccccc4)c([2H])c3[2H])c3c([2H])c([2H])c(-c4c([2H])c([2H])c([2H])c(-c5c([2H])c([2H])c([2H])c([2H])c5[2H])c4[2H])c([2H])c3[2H])c([2H])c2[2H])c([2H])c1[2H]. The fourth-order valence-corrected chi connectivity index (χ4v) is 7.25. The third kappa shape index (κ3) is 6.94. The molecule has 2 nitrogen and oxygen atoms in total. The first-order valence-corrected chi connectivity index (χ1v) is 19.1. The second-order valence-corrected chi connectivity index (χ2v) is 13.7. The van der Waals surface area contributed by atoms with Crippen molar-refractivity contribution < 1.29 is 35.6 Å². The summed E-state index contributed by atoms with van der Waals surface area (Å²) in [7, 11) is 0. The van der Waals surface area contributed by atoms with E-state index in [1.807, 2.05) is 78.9 Å². The highest BCUT2D eigenvalue weighted by molar-refractivity contribution is 6.11. The molecule has 62 heavy (non-hydrogen) atoms. The van der Waals surface area contributed by atoms with E-state index < -0.39 is 208 Å². The number of benzene rings is 10. The molecule has 11 aromatic rings. The number of hydrogen-bond donors (Lipinski definition) is 0. The molecule has 0 saturated heterocycles. The molecule has 0 aliphatic heterocycles. The van der Waals surface area contributed by atoms with E-state index in [4.69, 9.17) is 17.8 Å². The van der Waals surface area contributed by atoms with Gasteiger partial charge in [0.25, 0.3) is 0 Å². The Hall–Kier alpha value is -8.20. The Morgan fingerprint density at radius 1 is 0.323 bits per heavy atom. The molecule has 10 aromatic carbocycles. The summed E-state index contributed by atoms with van der Waals surface area (Å²) in [5.74, 6) is 0. The van der Waals surface area contributed by atoms with Crippen LogP contribution >= 0.6 is 0 Å². The predicted octanol–water partition coefficient (Wildman–Crippen LogP) is 16.6. The molecule has 0 N–H and O–H groups in total. The fraction of sp³-hybridized carbons (Fsp3) is 0. The minimum Gasteiger partial charge on any atom is -0.311 e. The second kappa shape index (κ2) is 16.1. The van der Waals surface area contributed by atoms with Crippen LogP contribution in [-0.2, 0) is 0 Å². The maximum Gasteiger partial charge on any atom is 0.0645 e. The Labute approximate surface area is 399 Å². The van der Waals surface area contributed by atoms with Gasteiger partial charge in [-0.15, -0.1) is 0 Å². The topological polar surface area (TPSA) is 8.17 Å². The predicted molar refractivity (Wildman–Crippen MR) is 263 cm³/mol. The molecule has 1 aromatic heterocycles. The Morgan fingerprint density at radius 3 is 1.42 bits per heavy atom. The monoisotopic (exact) mass is 816 g/mol. The van der Waals surface area contributed by atoms with Crippen molar-refractivity contribution in [2.24, 2.45) is 0 Å². The van der Waals surface area contributed by atoms with Gasteiger partial charge in [-0.05, 0) is 117 Å². The molecule has 0 aliphatic carbocycles. The van der Waals surface area contributed by atoms with Crippen LogP contribution in [0, 0.1) is 0 Å². The lowest BCUT2D eigenvalue weighted by molar-refractivity contribution is 1.18. The van der Waals surface area contributed by atoms with E-state index in [1.165, 1.54) is 0 Å². The van der Waals surface area contributed by atoms with Crippen molar-refractivity contribution in [2.75, 3.05) is 4.90 Å². The van der Waals surface area contributed by atoms with Gasteiger partial charge in [-0.1, -0.05) is 188 Å². The van der Waals surface area contributed by atoms with Gasteiger partial charge < -0.3 is 9.47 Å². The quantitative estimate of drug-likeness (QED) is 0.141. The van der Waals surface area contributed by atoms with Gasteiger partial charge >= 0.3 is 0 Å². The second-order valence-electron chi connectivity index (χ2n) is 13.7. The molecule has 0 bridgehead atoms. The van der Waals surface area contributed by atoms with Crippen molar-refractivity contribution in [1.82, 2.24) is 4.57 Å². The molecule has 0 fully saturated rings. The Kier molecular flexibility index (Phi) is 4.83. The Balaban J connectivity index is 1.19. The van der Waals surface area contributed by atoms with Crippen molar-refractivity contribution in [3.63, 3.8) is 0 Å². The van der Waals surface area contributed by atoms with Gasteiger partial charge in [-0.3, -0.25) is 0 Å². The highest BCUT2D eigenvalue weighted by Crippen LogP contribution is 2.41. The van der Waals surface area contributed by atoms with Crippen LogP contribution in [0.25, 0.3) is 83.1 Å². The number of rotatable bonds is 9. The summed E-state index contributed by atoms with van der Waals surface area (Å²) in [5, 5.41) is 1.38. The molecule has 0 amide bonds. The lowest BCUT2D eigenvalue weighted by atomic mass is 9.98. The Bertz CT molecular complexity index is 4740. The molecule has 11 rings (SSSR count). The van der Waals surface area contributed by atoms with E-state index >= 15 is 0 Å². The number of hydrogen-bond acceptors (Lipinski definition) is 1. The van der Waals surface area contributed by atoms with E-state index in [9.17, 15) is 17.8 Å². The lowest BCUT2D eigenvalue weighted by Crippen LogP contribution is -2.09. The van der Waals surface area contributed by atoms with Gasteiger partial charge in [0.15, 0.2) is 0 Å². The molecule has 2 heteroatoms. The van der Waals surface area contributed by atoms with Crippen LogP contribution in [0.1, 0.15) is 35.6 Å². The third-order valence-corrected chi connectivity index (χ3v) is 10.1. The van der Waals surface area contributed by atoms with Gasteiger partial charge in [0.1, 0.15) is 0 Å². The summed E-state index contributed by atoms with van der Waals surface area (Å²) < 4.78 is 237. The van der Waals surface area contributed by atoms with E-state index in [0.717, 1.165) is 27.7 Å². The van der Waals surface area contributed by atoms with Gasteiger partial charge in [0.05, 0.1) is 52.4 Å². The molecule has 0 aliphatic rings. The van der Waals surface area contributed by atoms with Gasteiger partial charge in [0.2, 0.25) is 0 Å². The molecule has 0 radical (unpaired) electrons. The number of nitrogens with zero attached hydrogens (tertiary/aromatic N) is 2. The van der Waals surface area contributed by atoms with Crippen LogP contribution in [0.2, 0.25) is 0 Å². The highest BCUT2D eigenvalue weighted by Gasteiger charge is 2.18.